The molecule has 4 rings (SSSR count). The number of rotatable bonds is 3. The molecule has 1 N–H and O–H groups in total. The lowest BCUT2D eigenvalue weighted by atomic mass is 9.98. The van der Waals surface area contributed by atoms with Crippen LogP contribution in [0.5, 0.6) is 0 Å². The van der Waals surface area contributed by atoms with Gasteiger partial charge in [-0.25, -0.2) is 4.98 Å². The first kappa shape index (κ1) is 15.9. The van der Waals surface area contributed by atoms with Crippen LogP contribution < -0.4 is 5.56 Å². The zero-order chi connectivity index (χ0) is 16.7. The number of carbonyl (C=O) groups is 1. The van der Waals surface area contributed by atoms with Crippen molar-refractivity contribution in [3.05, 3.63) is 27.4 Å². The van der Waals surface area contributed by atoms with E-state index in [1.54, 1.807) is 0 Å². The minimum Gasteiger partial charge on any atom is -0.336 e. The molecule has 1 aliphatic carbocycles. The topological polar surface area (TPSA) is 66.1 Å². The van der Waals surface area contributed by atoms with E-state index in [1.165, 1.54) is 25.7 Å². The van der Waals surface area contributed by atoms with Gasteiger partial charge in [0.1, 0.15) is 5.82 Å². The molecule has 1 aromatic heterocycles. The second-order valence-corrected chi connectivity index (χ2v) is 7.86. The van der Waals surface area contributed by atoms with Crippen LogP contribution in [-0.2, 0) is 17.6 Å². The van der Waals surface area contributed by atoms with Gasteiger partial charge < -0.3 is 9.88 Å². The maximum absolute atomic E-state index is 12.9. The SMILES string of the molecule is Cc1nc2c(c(=O)[nH]1)C[C@@H]1CC[C@H](C2)N1C(=O)CCC1CCCC1. The van der Waals surface area contributed by atoms with Gasteiger partial charge in [-0.3, -0.25) is 9.59 Å². The molecule has 2 fully saturated rings. The lowest BCUT2D eigenvalue weighted by molar-refractivity contribution is -0.134. The van der Waals surface area contributed by atoms with E-state index in [2.05, 4.69) is 14.9 Å². The van der Waals surface area contributed by atoms with Crippen LogP contribution in [0, 0.1) is 12.8 Å². The van der Waals surface area contributed by atoms with Crippen LogP contribution in [0.25, 0.3) is 0 Å². The first-order valence-corrected chi connectivity index (χ1v) is 9.51. The van der Waals surface area contributed by atoms with Crippen molar-refractivity contribution in [2.24, 2.45) is 5.92 Å². The third kappa shape index (κ3) is 2.89. The quantitative estimate of drug-likeness (QED) is 0.926. The van der Waals surface area contributed by atoms with Crippen molar-refractivity contribution >= 4 is 5.91 Å². The number of hydrogen-bond donors (Lipinski definition) is 1. The molecule has 0 radical (unpaired) electrons. The molecule has 0 unspecified atom stereocenters. The lowest BCUT2D eigenvalue weighted by Crippen LogP contribution is -2.41. The van der Waals surface area contributed by atoms with Gasteiger partial charge in [-0.2, -0.15) is 0 Å². The van der Waals surface area contributed by atoms with Crippen molar-refractivity contribution in [2.75, 3.05) is 0 Å². The fourth-order valence-corrected chi connectivity index (χ4v) is 5.03. The number of H-pyrrole nitrogens is 1. The van der Waals surface area contributed by atoms with Crippen molar-refractivity contribution in [3.63, 3.8) is 0 Å². The summed E-state index contributed by atoms with van der Waals surface area (Å²) in [5, 5.41) is 0. The average Bonchev–Trinajstić information content (AvgIpc) is 3.13. The summed E-state index contributed by atoms with van der Waals surface area (Å²) < 4.78 is 0. The highest BCUT2D eigenvalue weighted by molar-refractivity contribution is 5.77. The van der Waals surface area contributed by atoms with Crippen molar-refractivity contribution < 1.29 is 4.79 Å². The summed E-state index contributed by atoms with van der Waals surface area (Å²) in [6.45, 7) is 1.83. The van der Waals surface area contributed by atoms with Gasteiger partial charge in [-0.1, -0.05) is 25.7 Å². The molecule has 24 heavy (non-hydrogen) atoms. The molecule has 1 saturated carbocycles. The van der Waals surface area contributed by atoms with Gasteiger partial charge in [-0.15, -0.1) is 0 Å². The molecule has 130 valence electrons. The van der Waals surface area contributed by atoms with E-state index in [9.17, 15) is 9.59 Å². The number of amides is 1. The smallest absolute Gasteiger partial charge is 0.254 e. The van der Waals surface area contributed by atoms with Crippen LogP contribution in [0.3, 0.4) is 0 Å². The largest absolute Gasteiger partial charge is 0.336 e. The van der Waals surface area contributed by atoms with E-state index < -0.39 is 0 Å². The Kier molecular flexibility index (Phi) is 4.19. The molecule has 1 aromatic rings. The molecule has 2 atom stereocenters. The average molecular weight is 329 g/mol. The highest BCUT2D eigenvalue weighted by Gasteiger charge is 2.40. The fraction of sp³-hybridized carbons (Fsp3) is 0.737. The van der Waals surface area contributed by atoms with Crippen LogP contribution in [0.15, 0.2) is 4.79 Å². The normalized spacial score (nSPS) is 26.5. The van der Waals surface area contributed by atoms with E-state index >= 15 is 0 Å². The first-order valence-electron chi connectivity index (χ1n) is 9.51. The second kappa shape index (κ2) is 6.34. The number of nitrogens with zero attached hydrogens (tertiary/aromatic N) is 2. The van der Waals surface area contributed by atoms with Gasteiger partial charge in [0.25, 0.3) is 5.56 Å². The van der Waals surface area contributed by atoms with Crippen molar-refractivity contribution in [1.82, 2.24) is 14.9 Å². The number of aryl methyl sites for hydroxylation is 1. The second-order valence-electron chi connectivity index (χ2n) is 7.86. The Hall–Kier alpha value is -1.65. The van der Waals surface area contributed by atoms with Gasteiger partial charge in [-0.05, 0) is 32.1 Å². The lowest BCUT2D eigenvalue weighted by Gasteiger charge is -2.28. The summed E-state index contributed by atoms with van der Waals surface area (Å²) in [6, 6.07) is 0.430. The van der Waals surface area contributed by atoms with E-state index in [-0.39, 0.29) is 17.6 Å². The predicted molar refractivity (Wildman–Crippen MR) is 91.9 cm³/mol. The van der Waals surface area contributed by atoms with Gasteiger partial charge in [0.05, 0.1) is 5.69 Å². The number of fused-ring (bicyclic) bond motifs is 3. The molecule has 5 heteroatoms. The highest BCUT2D eigenvalue weighted by Crippen LogP contribution is 2.34. The number of nitrogens with one attached hydrogen (secondary N) is 1. The Morgan fingerprint density at radius 3 is 2.62 bits per heavy atom. The number of aromatic amines is 1. The van der Waals surface area contributed by atoms with Crippen molar-refractivity contribution in [3.8, 4) is 0 Å². The van der Waals surface area contributed by atoms with Crippen LogP contribution in [0.4, 0.5) is 0 Å². The highest BCUT2D eigenvalue weighted by atomic mass is 16.2. The third-order valence-electron chi connectivity index (χ3n) is 6.24. The zero-order valence-electron chi connectivity index (χ0n) is 14.5. The predicted octanol–water partition coefficient (Wildman–Crippen LogP) is 2.51. The number of hydrogen-bond acceptors (Lipinski definition) is 3. The van der Waals surface area contributed by atoms with Crippen LogP contribution in [-0.4, -0.2) is 32.9 Å². The fourth-order valence-electron chi connectivity index (χ4n) is 5.03. The summed E-state index contributed by atoms with van der Waals surface area (Å²) in [5.74, 6) is 1.73. The molecule has 1 saturated heterocycles. The van der Waals surface area contributed by atoms with Crippen LogP contribution >= 0.6 is 0 Å². The van der Waals surface area contributed by atoms with Crippen molar-refractivity contribution in [1.29, 1.82) is 0 Å². The van der Waals surface area contributed by atoms with Crippen LogP contribution in [0.2, 0.25) is 0 Å². The van der Waals surface area contributed by atoms with Gasteiger partial charge in [0.2, 0.25) is 5.91 Å². The minimum atomic E-state index is -0.0107. The summed E-state index contributed by atoms with van der Waals surface area (Å²) in [6.07, 6.45) is 10.5. The van der Waals surface area contributed by atoms with Crippen molar-refractivity contribution in [2.45, 2.75) is 83.2 Å². The first-order chi connectivity index (χ1) is 11.6. The number of aromatic nitrogens is 2. The van der Waals surface area contributed by atoms with E-state index in [0.717, 1.165) is 42.9 Å². The standard InChI is InChI=1S/C19H27N3O2/c1-12-20-17-11-15-8-7-14(10-16(17)19(24)21-12)22(15)18(23)9-6-13-4-2-3-5-13/h13-15H,2-11H2,1H3,(H,20,21,24)/t14-,15+/m0/s1. The third-order valence-corrected chi connectivity index (χ3v) is 6.24. The van der Waals surface area contributed by atoms with Gasteiger partial charge >= 0.3 is 0 Å². The molecular weight excluding hydrogens is 302 g/mol. The molecule has 3 aliphatic rings. The van der Waals surface area contributed by atoms with Crippen LogP contribution in [0.1, 0.15) is 68.4 Å². The maximum atomic E-state index is 12.9. The Balaban J connectivity index is 1.51. The molecule has 0 spiro atoms. The summed E-state index contributed by atoms with van der Waals surface area (Å²) >= 11 is 0. The van der Waals surface area contributed by atoms with E-state index in [1.807, 2.05) is 6.92 Å². The molecule has 1 amide bonds. The number of carbonyl (C=O) groups excluding carboxylic acids is 1. The molecular formula is C19H27N3O2. The molecule has 3 heterocycles. The monoisotopic (exact) mass is 329 g/mol. The molecule has 2 aliphatic heterocycles. The Labute approximate surface area is 142 Å². The molecule has 0 aromatic carbocycles. The Bertz CT molecular complexity index is 690. The van der Waals surface area contributed by atoms with E-state index in [4.69, 9.17) is 0 Å². The summed E-state index contributed by atoms with van der Waals surface area (Å²) in [4.78, 5) is 34.7. The Morgan fingerprint density at radius 2 is 1.88 bits per heavy atom. The summed E-state index contributed by atoms with van der Waals surface area (Å²) in [5.41, 5.74) is 1.71. The minimum absolute atomic E-state index is 0.0107. The van der Waals surface area contributed by atoms with Gasteiger partial charge in [0.15, 0.2) is 0 Å². The zero-order valence-corrected chi connectivity index (χ0v) is 14.5. The Morgan fingerprint density at radius 1 is 1.17 bits per heavy atom. The maximum Gasteiger partial charge on any atom is 0.254 e. The molecule has 2 bridgehead atoms. The summed E-state index contributed by atoms with van der Waals surface area (Å²) in [7, 11) is 0. The van der Waals surface area contributed by atoms with Gasteiger partial charge in [0, 0.05) is 36.9 Å². The molecule has 5 nitrogen and oxygen atoms in total. The van der Waals surface area contributed by atoms with E-state index in [0.29, 0.717) is 24.6 Å².